The normalized spacial score (nSPS) is 12.7. The maximum atomic E-state index is 14.2. The molecular weight excluding hydrogens is 511 g/mol. The van der Waals surface area contributed by atoms with E-state index in [0.717, 1.165) is 37.1 Å². The number of carbonyl (C=O) groups excluding carboxylic acids is 1. The predicted octanol–water partition coefficient (Wildman–Crippen LogP) is 7.09. The van der Waals surface area contributed by atoms with Gasteiger partial charge in [-0.05, 0) is 72.5 Å². The van der Waals surface area contributed by atoms with Crippen molar-refractivity contribution in [2.75, 3.05) is 26.2 Å². The zero-order chi connectivity index (χ0) is 26.6. The SMILES string of the molecule is O=C(C(CNCCc1ccccc1)c1ccc(Cl)cc1)C(CNCCc1ccccc1)c1ccc(Cl)cc1. The summed E-state index contributed by atoms with van der Waals surface area (Å²) in [5.74, 6) is -0.437. The molecule has 2 N–H and O–H groups in total. The molecule has 0 aromatic heterocycles. The van der Waals surface area contributed by atoms with Gasteiger partial charge in [-0.15, -0.1) is 0 Å². The van der Waals surface area contributed by atoms with E-state index in [9.17, 15) is 4.79 Å². The number of rotatable bonds is 14. The van der Waals surface area contributed by atoms with Crippen molar-refractivity contribution in [1.82, 2.24) is 10.6 Å². The van der Waals surface area contributed by atoms with Crippen molar-refractivity contribution in [2.24, 2.45) is 0 Å². The zero-order valence-electron chi connectivity index (χ0n) is 21.5. The average Bonchev–Trinajstić information content (AvgIpc) is 2.95. The topological polar surface area (TPSA) is 41.1 Å². The van der Waals surface area contributed by atoms with E-state index in [1.807, 2.05) is 60.7 Å². The van der Waals surface area contributed by atoms with Gasteiger partial charge in [0.2, 0.25) is 0 Å². The van der Waals surface area contributed by atoms with Gasteiger partial charge in [-0.3, -0.25) is 4.79 Å². The number of ketones is 1. The van der Waals surface area contributed by atoms with Gasteiger partial charge in [0.25, 0.3) is 0 Å². The maximum absolute atomic E-state index is 14.2. The molecule has 4 aromatic carbocycles. The van der Waals surface area contributed by atoms with E-state index in [4.69, 9.17) is 23.2 Å². The van der Waals surface area contributed by atoms with Gasteiger partial charge in [-0.2, -0.15) is 0 Å². The van der Waals surface area contributed by atoms with E-state index < -0.39 is 0 Å². The number of halogens is 2. The summed E-state index contributed by atoms with van der Waals surface area (Å²) in [6.45, 7) is 2.70. The van der Waals surface area contributed by atoms with E-state index in [1.54, 1.807) is 0 Å². The Morgan fingerprint density at radius 2 is 0.921 bits per heavy atom. The van der Waals surface area contributed by atoms with E-state index in [-0.39, 0.29) is 17.6 Å². The first kappa shape index (κ1) is 28.1. The molecule has 0 amide bonds. The van der Waals surface area contributed by atoms with Crippen molar-refractivity contribution in [2.45, 2.75) is 24.7 Å². The maximum Gasteiger partial charge on any atom is 0.150 e. The highest BCUT2D eigenvalue weighted by atomic mass is 35.5. The molecule has 0 aliphatic heterocycles. The summed E-state index contributed by atoms with van der Waals surface area (Å²) < 4.78 is 0. The number of Topliss-reactive ketones (excluding diaryl/α,β-unsaturated/α-hetero) is 1. The Labute approximate surface area is 236 Å². The Balaban J connectivity index is 1.48. The second-order valence-corrected chi connectivity index (χ2v) is 10.4. The van der Waals surface area contributed by atoms with Crippen molar-refractivity contribution >= 4 is 29.0 Å². The van der Waals surface area contributed by atoms with Gasteiger partial charge >= 0.3 is 0 Å². The summed E-state index contributed by atoms with van der Waals surface area (Å²) in [6, 6.07) is 36.1. The second kappa shape index (κ2) is 14.8. The lowest BCUT2D eigenvalue weighted by molar-refractivity contribution is -0.121. The molecule has 0 fully saturated rings. The Bertz CT molecular complexity index is 1150. The fourth-order valence-corrected chi connectivity index (χ4v) is 4.90. The molecule has 4 aromatic rings. The molecule has 0 aliphatic carbocycles. The van der Waals surface area contributed by atoms with E-state index >= 15 is 0 Å². The van der Waals surface area contributed by atoms with Crippen LogP contribution in [0.15, 0.2) is 109 Å². The van der Waals surface area contributed by atoms with E-state index in [2.05, 4.69) is 59.2 Å². The number of hydrogen-bond donors (Lipinski definition) is 2. The minimum atomic E-state index is -0.306. The van der Waals surface area contributed by atoms with Crippen molar-refractivity contribution in [3.63, 3.8) is 0 Å². The van der Waals surface area contributed by atoms with Crippen LogP contribution in [0.4, 0.5) is 0 Å². The number of benzene rings is 4. The first-order valence-electron chi connectivity index (χ1n) is 13.1. The summed E-state index contributed by atoms with van der Waals surface area (Å²) in [7, 11) is 0. The molecule has 0 aliphatic rings. The highest BCUT2D eigenvalue weighted by molar-refractivity contribution is 6.30. The van der Waals surface area contributed by atoms with Crippen molar-refractivity contribution in [3.8, 4) is 0 Å². The van der Waals surface area contributed by atoms with Crippen LogP contribution in [0.2, 0.25) is 10.0 Å². The molecule has 0 bridgehead atoms. The molecule has 2 unspecified atom stereocenters. The third-order valence-corrected chi connectivity index (χ3v) is 7.30. The molecule has 3 nitrogen and oxygen atoms in total. The summed E-state index contributed by atoms with van der Waals surface area (Å²) in [6.07, 6.45) is 1.81. The van der Waals surface area contributed by atoms with Crippen LogP contribution in [0.5, 0.6) is 0 Å². The van der Waals surface area contributed by atoms with Crippen molar-refractivity contribution < 1.29 is 4.79 Å². The van der Waals surface area contributed by atoms with Gasteiger partial charge in [0, 0.05) is 23.1 Å². The molecule has 0 radical (unpaired) electrons. The van der Waals surface area contributed by atoms with Crippen LogP contribution in [-0.2, 0) is 17.6 Å². The molecular formula is C33H34Cl2N2O. The third-order valence-electron chi connectivity index (χ3n) is 6.80. The van der Waals surface area contributed by atoms with Gasteiger partial charge in [-0.25, -0.2) is 0 Å². The third kappa shape index (κ3) is 8.54. The lowest BCUT2D eigenvalue weighted by Gasteiger charge is -2.24. The summed E-state index contributed by atoms with van der Waals surface area (Å²) in [5, 5.41) is 8.40. The van der Waals surface area contributed by atoms with Crippen LogP contribution in [0.3, 0.4) is 0 Å². The molecule has 0 saturated heterocycles. The number of hydrogen-bond acceptors (Lipinski definition) is 3. The van der Waals surface area contributed by atoms with E-state index in [1.165, 1.54) is 11.1 Å². The highest BCUT2D eigenvalue weighted by Crippen LogP contribution is 2.28. The summed E-state index contributed by atoms with van der Waals surface area (Å²) >= 11 is 12.4. The van der Waals surface area contributed by atoms with Gasteiger partial charge in [0.05, 0.1) is 11.8 Å². The average molecular weight is 546 g/mol. The monoisotopic (exact) mass is 544 g/mol. The van der Waals surface area contributed by atoms with Gasteiger partial charge in [-0.1, -0.05) is 108 Å². The van der Waals surface area contributed by atoms with Crippen LogP contribution >= 0.6 is 23.2 Å². The molecule has 2 atom stereocenters. The predicted molar refractivity (Wildman–Crippen MR) is 159 cm³/mol. The molecule has 0 heterocycles. The smallest absolute Gasteiger partial charge is 0.150 e. The molecule has 38 heavy (non-hydrogen) atoms. The quantitative estimate of drug-likeness (QED) is 0.166. The minimum Gasteiger partial charge on any atom is -0.315 e. The van der Waals surface area contributed by atoms with Gasteiger partial charge < -0.3 is 10.6 Å². The van der Waals surface area contributed by atoms with E-state index in [0.29, 0.717) is 23.1 Å². The molecule has 0 saturated carbocycles. The van der Waals surface area contributed by atoms with Gasteiger partial charge in [0.1, 0.15) is 5.78 Å². The lowest BCUT2D eigenvalue weighted by Crippen LogP contribution is -2.35. The van der Waals surface area contributed by atoms with Crippen LogP contribution in [0.1, 0.15) is 34.1 Å². The molecule has 196 valence electrons. The molecule has 0 spiro atoms. The zero-order valence-corrected chi connectivity index (χ0v) is 23.0. The Hall–Kier alpha value is -2.95. The van der Waals surface area contributed by atoms with Crippen LogP contribution in [-0.4, -0.2) is 32.0 Å². The van der Waals surface area contributed by atoms with Crippen LogP contribution < -0.4 is 10.6 Å². The number of carbonyl (C=O) groups is 1. The lowest BCUT2D eigenvalue weighted by atomic mass is 9.83. The van der Waals surface area contributed by atoms with Crippen LogP contribution in [0, 0.1) is 0 Å². The second-order valence-electron chi connectivity index (χ2n) is 9.49. The fourth-order valence-electron chi connectivity index (χ4n) is 4.65. The fraction of sp³-hybridized carbons (Fsp3) is 0.242. The molecule has 4 rings (SSSR count). The summed E-state index contributed by atoms with van der Waals surface area (Å²) in [4.78, 5) is 14.2. The minimum absolute atomic E-state index is 0.175. The summed E-state index contributed by atoms with van der Waals surface area (Å²) in [5.41, 5.74) is 4.48. The number of nitrogens with one attached hydrogen (secondary N) is 2. The Kier molecular flexibility index (Phi) is 11.0. The highest BCUT2D eigenvalue weighted by Gasteiger charge is 2.29. The standard InChI is InChI=1S/C33H34Cl2N2O/c34-29-15-11-27(12-16-29)31(23-36-21-19-25-7-3-1-4-8-25)33(38)32(28-13-17-30(35)18-14-28)24-37-22-20-26-9-5-2-6-10-26/h1-18,31-32,36-37H,19-24H2. The first-order valence-corrected chi connectivity index (χ1v) is 13.9. The Morgan fingerprint density at radius 3 is 1.29 bits per heavy atom. The Morgan fingerprint density at radius 1 is 0.553 bits per heavy atom. The first-order chi connectivity index (χ1) is 18.6. The molecule has 5 heteroatoms. The van der Waals surface area contributed by atoms with Crippen LogP contribution in [0.25, 0.3) is 0 Å². The largest absolute Gasteiger partial charge is 0.315 e. The van der Waals surface area contributed by atoms with Gasteiger partial charge in [0.15, 0.2) is 0 Å². The van der Waals surface area contributed by atoms with Crippen molar-refractivity contribution in [1.29, 1.82) is 0 Å². The van der Waals surface area contributed by atoms with Crippen molar-refractivity contribution in [3.05, 3.63) is 141 Å².